The highest BCUT2D eigenvalue weighted by Crippen LogP contribution is 2.29. The maximum Gasteiger partial charge on any atom is 0.325 e. The second-order valence-electron chi connectivity index (χ2n) is 7.98. The summed E-state index contributed by atoms with van der Waals surface area (Å²) in [6.45, 7) is 6.10. The van der Waals surface area contributed by atoms with Gasteiger partial charge in [0.05, 0.1) is 5.69 Å². The number of aryl methyl sites for hydroxylation is 1. The number of nitrogens with one attached hydrogen (secondary N) is 1. The van der Waals surface area contributed by atoms with Crippen molar-refractivity contribution in [2.45, 2.75) is 58.4 Å². The van der Waals surface area contributed by atoms with Crippen LogP contribution in [0.5, 0.6) is 0 Å². The zero-order chi connectivity index (χ0) is 22.6. The van der Waals surface area contributed by atoms with Crippen LogP contribution in [-0.2, 0) is 9.59 Å². The summed E-state index contributed by atoms with van der Waals surface area (Å²) < 4.78 is 0. The van der Waals surface area contributed by atoms with E-state index >= 15 is 0 Å². The number of carbonyl (C=O) groups excluding carboxylic acids is 3. The molecule has 0 aromatic heterocycles. The van der Waals surface area contributed by atoms with Gasteiger partial charge in [0.15, 0.2) is 5.17 Å². The van der Waals surface area contributed by atoms with Crippen LogP contribution in [0.2, 0.25) is 5.02 Å². The molecule has 0 spiro atoms. The number of nitrogens with zero attached hydrogens (tertiary/aromatic N) is 3. The van der Waals surface area contributed by atoms with Gasteiger partial charge in [-0.2, -0.15) is 0 Å². The molecule has 3 rings (SSSR count). The van der Waals surface area contributed by atoms with Crippen LogP contribution in [0, 0.1) is 6.92 Å². The first-order valence-electron chi connectivity index (χ1n) is 10.7. The van der Waals surface area contributed by atoms with Gasteiger partial charge in [0.25, 0.3) is 5.91 Å². The molecule has 0 radical (unpaired) electrons. The fraction of sp³-hybridized carbons (Fsp3) is 0.545. The molecule has 1 aromatic carbocycles. The molecule has 4 amide bonds. The quantitative estimate of drug-likeness (QED) is 0.602. The number of carbonyl (C=O) groups is 3. The van der Waals surface area contributed by atoms with Crippen molar-refractivity contribution in [2.75, 3.05) is 18.8 Å². The van der Waals surface area contributed by atoms with Crippen molar-refractivity contribution < 1.29 is 14.4 Å². The van der Waals surface area contributed by atoms with Crippen molar-refractivity contribution in [3.05, 3.63) is 28.8 Å². The molecule has 9 heteroatoms. The van der Waals surface area contributed by atoms with Crippen LogP contribution in [0.1, 0.15) is 51.5 Å². The third kappa shape index (κ3) is 5.06. The van der Waals surface area contributed by atoms with Crippen molar-refractivity contribution in [3.8, 4) is 0 Å². The van der Waals surface area contributed by atoms with Gasteiger partial charge in [-0.3, -0.25) is 19.4 Å². The average Bonchev–Trinajstić information content (AvgIpc) is 2.96. The number of urea groups is 1. The summed E-state index contributed by atoms with van der Waals surface area (Å²) >= 11 is 7.70. The minimum Gasteiger partial charge on any atom is -0.323 e. The fourth-order valence-corrected chi connectivity index (χ4v) is 5.15. The fourth-order valence-electron chi connectivity index (χ4n) is 4.00. The molecule has 1 N–H and O–H groups in total. The van der Waals surface area contributed by atoms with Gasteiger partial charge in [0.1, 0.15) is 12.1 Å². The van der Waals surface area contributed by atoms with E-state index < -0.39 is 11.6 Å². The van der Waals surface area contributed by atoms with Crippen molar-refractivity contribution in [1.82, 2.24) is 15.1 Å². The lowest BCUT2D eigenvalue weighted by molar-refractivity contribution is -0.137. The molecule has 2 heterocycles. The average molecular weight is 465 g/mol. The number of hydrogen-bond donors (Lipinski definition) is 1. The molecule has 0 unspecified atom stereocenters. The Hall–Kier alpha value is -2.06. The number of halogens is 1. The van der Waals surface area contributed by atoms with Crippen LogP contribution in [0.4, 0.5) is 10.5 Å². The Morgan fingerprint density at radius 2 is 1.97 bits per heavy atom. The predicted octanol–water partition coefficient (Wildman–Crippen LogP) is 4.49. The Bertz CT molecular complexity index is 899. The van der Waals surface area contributed by atoms with Crippen LogP contribution in [0.25, 0.3) is 0 Å². The Morgan fingerprint density at radius 3 is 2.61 bits per heavy atom. The molecule has 1 aromatic rings. The molecule has 2 saturated heterocycles. The van der Waals surface area contributed by atoms with Crippen molar-refractivity contribution in [1.29, 1.82) is 0 Å². The first kappa shape index (κ1) is 23.6. The van der Waals surface area contributed by atoms with Gasteiger partial charge in [-0.1, -0.05) is 56.1 Å². The van der Waals surface area contributed by atoms with E-state index in [4.69, 9.17) is 11.6 Å². The first-order chi connectivity index (χ1) is 14.8. The summed E-state index contributed by atoms with van der Waals surface area (Å²) in [5, 5.41) is 4.04. The van der Waals surface area contributed by atoms with Crippen LogP contribution in [0.15, 0.2) is 23.2 Å². The second kappa shape index (κ2) is 10.0. The van der Waals surface area contributed by atoms with E-state index in [0.717, 1.165) is 35.5 Å². The predicted molar refractivity (Wildman–Crippen MR) is 125 cm³/mol. The van der Waals surface area contributed by atoms with E-state index in [0.29, 0.717) is 35.3 Å². The number of thioether (sulfide) groups is 1. The molecule has 0 saturated carbocycles. The molecule has 0 bridgehead atoms. The molecule has 2 aliphatic heterocycles. The smallest absolute Gasteiger partial charge is 0.323 e. The molecule has 168 valence electrons. The molecule has 2 fully saturated rings. The minimum atomic E-state index is -0.896. The van der Waals surface area contributed by atoms with Gasteiger partial charge >= 0.3 is 6.03 Å². The molecule has 2 aliphatic rings. The van der Waals surface area contributed by atoms with E-state index in [9.17, 15) is 14.4 Å². The molecular weight excluding hydrogens is 436 g/mol. The number of aliphatic imine (C=N–C) groups is 1. The second-order valence-corrected chi connectivity index (χ2v) is 9.45. The minimum absolute atomic E-state index is 0.284. The van der Waals surface area contributed by atoms with Crippen molar-refractivity contribution >= 4 is 52.1 Å². The SMILES string of the molecule is CCCC1(CCC)NC(=O)N(CC(=O)N2CCCSC2=Nc2ccc(C)c(Cl)c2)C1=O. The lowest BCUT2D eigenvalue weighted by atomic mass is 9.88. The van der Waals surface area contributed by atoms with Gasteiger partial charge in [-0.05, 0) is 43.9 Å². The van der Waals surface area contributed by atoms with Crippen LogP contribution >= 0.6 is 23.4 Å². The number of hydrogen-bond acceptors (Lipinski definition) is 5. The molecule has 0 atom stereocenters. The van der Waals surface area contributed by atoms with E-state index in [1.807, 2.05) is 32.9 Å². The topological polar surface area (TPSA) is 82.1 Å². The number of amidine groups is 1. The molecular formula is C22H29ClN4O3S. The van der Waals surface area contributed by atoms with E-state index in [1.165, 1.54) is 11.8 Å². The third-order valence-electron chi connectivity index (χ3n) is 5.56. The van der Waals surface area contributed by atoms with Crippen LogP contribution < -0.4 is 5.32 Å². The highest BCUT2D eigenvalue weighted by molar-refractivity contribution is 8.13. The van der Waals surface area contributed by atoms with Crippen LogP contribution in [0.3, 0.4) is 0 Å². The van der Waals surface area contributed by atoms with Crippen molar-refractivity contribution in [2.24, 2.45) is 4.99 Å². The first-order valence-corrected chi connectivity index (χ1v) is 12.1. The molecule has 7 nitrogen and oxygen atoms in total. The summed E-state index contributed by atoms with van der Waals surface area (Å²) in [4.78, 5) is 46.1. The number of amides is 4. The van der Waals surface area contributed by atoms with Gasteiger partial charge in [0, 0.05) is 17.3 Å². The van der Waals surface area contributed by atoms with Crippen molar-refractivity contribution in [3.63, 3.8) is 0 Å². The highest BCUT2D eigenvalue weighted by atomic mass is 35.5. The number of rotatable bonds is 7. The number of imide groups is 1. The zero-order valence-electron chi connectivity index (χ0n) is 18.2. The summed E-state index contributed by atoms with van der Waals surface area (Å²) in [5.41, 5.74) is 0.723. The Balaban J connectivity index is 1.79. The standard InChI is InChI=1S/C22H29ClN4O3S/c1-4-9-22(10-5-2)19(29)27(20(30)25-22)14-18(28)26-11-6-12-31-21(26)24-16-8-7-15(3)17(23)13-16/h7-8,13H,4-6,9-12,14H2,1-3H3,(H,25,30). The van der Waals surface area contributed by atoms with E-state index in [1.54, 1.807) is 11.0 Å². The Kier molecular flexibility index (Phi) is 7.64. The largest absolute Gasteiger partial charge is 0.325 e. The normalized spacial score (nSPS) is 19.8. The van der Waals surface area contributed by atoms with Gasteiger partial charge < -0.3 is 5.32 Å². The lowest BCUT2D eigenvalue weighted by Crippen LogP contribution is -2.49. The maximum atomic E-state index is 13.1. The summed E-state index contributed by atoms with van der Waals surface area (Å²) in [5.74, 6) is 0.237. The molecule has 0 aliphatic carbocycles. The Morgan fingerprint density at radius 1 is 1.26 bits per heavy atom. The van der Waals surface area contributed by atoms with Gasteiger partial charge in [0.2, 0.25) is 5.91 Å². The van der Waals surface area contributed by atoms with E-state index in [-0.39, 0.29) is 18.4 Å². The van der Waals surface area contributed by atoms with Gasteiger partial charge in [-0.15, -0.1) is 0 Å². The third-order valence-corrected chi connectivity index (χ3v) is 7.03. The lowest BCUT2D eigenvalue weighted by Gasteiger charge is -2.29. The Labute approximate surface area is 192 Å². The zero-order valence-corrected chi connectivity index (χ0v) is 19.8. The molecule has 31 heavy (non-hydrogen) atoms. The highest BCUT2D eigenvalue weighted by Gasteiger charge is 2.50. The maximum absolute atomic E-state index is 13.1. The summed E-state index contributed by atoms with van der Waals surface area (Å²) in [6, 6.07) is 5.01. The van der Waals surface area contributed by atoms with Gasteiger partial charge in [-0.25, -0.2) is 9.79 Å². The van der Waals surface area contributed by atoms with Crippen LogP contribution in [-0.4, -0.2) is 57.2 Å². The summed E-state index contributed by atoms with van der Waals surface area (Å²) in [6.07, 6.45) is 3.49. The summed E-state index contributed by atoms with van der Waals surface area (Å²) in [7, 11) is 0. The monoisotopic (exact) mass is 464 g/mol. The number of benzene rings is 1. The van der Waals surface area contributed by atoms with E-state index in [2.05, 4.69) is 10.3 Å².